The van der Waals surface area contributed by atoms with Crippen molar-refractivity contribution in [3.8, 4) is 28.5 Å². The van der Waals surface area contributed by atoms with Gasteiger partial charge >= 0.3 is 5.97 Å². The van der Waals surface area contributed by atoms with E-state index in [0.717, 1.165) is 11.1 Å². The summed E-state index contributed by atoms with van der Waals surface area (Å²) in [6.07, 6.45) is 2.15. The summed E-state index contributed by atoms with van der Waals surface area (Å²) in [4.78, 5) is 16.7. The molecule has 0 amide bonds. The molecule has 1 aliphatic carbocycles. The third kappa shape index (κ3) is 3.81. The first-order valence-electron chi connectivity index (χ1n) is 11.9. The second kappa shape index (κ2) is 8.94. The van der Waals surface area contributed by atoms with Crippen molar-refractivity contribution >= 4 is 38.4 Å². The number of thiophene rings is 1. The highest BCUT2D eigenvalue weighted by atomic mass is 32.2. The molecule has 5 aromatic rings. The molecule has 1 N–H and O–H groups in total. The topological polar surface area (TPSA) is 113 Å². The van der Waals surface area contributed by atoms with Gasteiger partial charge in [-0.3, -0.25) is 9.78 Å². The first-order chi connectivity index (χ1) is 18.3. The highest BCUT2D eigenvalue weighted by Gasteiger charge is 2.44. The maximum Gasteiger partial charge on any atom is 0.307 e. The van der Waals surface area contributed by atoms with E-state index in [9.17, 15) is 23.6 Å². The third-order valence-corrected chi connectivity index (χ3v) is 9.52. The lowest BCUT2D eigenvalue weighted by molar-refractivity contribution is -0.138. The molecule has 0 spiro atoms. The summed E-state index contributed by atoms with van der Waals surface area (Å²) in [5.41, 5.74) is 4.80. The Morgan fingerprint density at radius 1 is 1.13 bits per heavy atom. The molecule has 2 unspecified atom stereocenters. The number of carboxylic acids is 1. The molecule has 38 heavy (non-hydrogen) atoms. The van der Waals surface area contributed by atoms with E-state index in [1.54, 1.807) is 48.0 Å². The number of benzene rings is 2. The number of hydrogen-bond donors (Lipinski definition) is 1. The molecule has 7 nitrogen and oxygen atoms in total. The second-order valence-corrected chi connectivity index (χ2v) is 12.1. The zero-order chi connectivity index (χ0) is 26.6. The normalized spacial score (nSPS) is 16.8. The molecule has 0 saturated heterocycles. The fraction of sp³-hybridized carbons (Fsp3) is 0.138. The number of pyridine rings is 1. The lowest BCUT2D eigenvalue weighted by atomic mass is 9.98. The Morgan fingerprint density at radius 2 is 1.92 bits per heavy atom. The van der Waals surface area contributed by atoms with E-state index in [4.69, 9.17) is 0 Å². The molecule has 3 aromatic heterocycles. The van der Waals surface area contributed by atoms with Crippen LogP contribution in [0.5, 0.6) is 0 Å². The maximum absolute atomic E-state index is 14.3. The van der Waals surface area contributed by atoms with Gasteiger partial charge in [-0.05, 0) is 66.6 Å². The fourth-order valence-electron chi connectivity index (χ4n) is 5.02. The summed E-state index contributed by atoms with van der Waals surface area (Å²) in [7, 11) is -4.09. The number of hydrogen-bond acceptors (Lipinski definition) is 6. The average Bonchev–Trinajstić information content (AvgIpc) is 3.46. The number of fused-ring (bicyclic) bond motifs is 1. The van der Waals surface area contributed by atoms with Crippen LogP contribution >= 0.6 is 11.3 Å². The van der Waals surface area contributed by atoms with E-state index in [1.165, 1.54) is 15.3 Å². The van der Waals surface area contributed by atoms with Gasteiger partial charge in [-0.25, -0.2) is 12.4 Å². The number of carboxylic acid groups (broad SMARTS) is 1. The van der Waals surface area contributed by atoms with Crippen molar-refractivity contribution in [2.75, 3.05) is 0 Å². The second-order valence-electron chi connectivity index (χ2n) is 9.36. The number of aromatic nitrogens is 2. The molecule has 0 aliphatic heterocycles. The molecule has 188 valence electrons. The van der Waals surface area contributed by atoms with Crippen LogP contribution in [-0.2, 0) is 14.8 Å². The number of aryl methyl sites for hydroxylation is 1. The van der Waals surface area contributed by atoms with Crippen molar-refractivity contribution in [3.63, 3.8) is 0 Å². The van der Waals surface area contributed by atoms with Gasteiger partial charge in [0.05, 0.1) is 27.5 Å². The molecule has 6 rings (SSSR count). The Kier molecular flexibility index (Phi) is 5.67. The number of rotatable bonds is 6. The average molecular weight is 540 g/mol. The van der Waals surface area contributed by atoms with Crippen molar-refractivity contribution < 1.29 is 18.3 Å². The van der Waals surface area contributed by atoms with E-state index < -0.39 is 21.9 Å². The third-order valence-electron chi connectivity index (χ3n) is 6.97. The zero-order valence-corrected chi connectivity index (χ0v) is 21.8. The van der Waals surface area contributed by atoms with Gasteiger partial charge < -0.3 is 5.11 Å². The SMILES string of the molecule is Cc1ccc(S(=O)(=O)n2c(-c3cccc(C4CC4C(=O)O)c3)c(-c3ccsc3C#N)c3ncccc32)cc1. The van der Waals surface area contributed by atoms with Gasteiger partial charge in [0.15, 0.2) is 0 Å². The smallest absolute Gasteiger partial charge is 0.307 e. The molecule has 0 bridgehead atoms. The summed E-state index contributed by atoms with van der Waals surface area (Å²) < 4.78 is 29.8. The number of nitrogens with zero attached hydrogens (tertiary/aromatic N) is 3. The first-order valence-corrected chi connectivity index (χ1v) is 14.3. The van der Waals surface area contributed by atoms with Gasteiger partial charge in [0.25, 0.3) is 10.0 Å². The van der Waals surface area contributed by atoms with Gasteiger partial charge in [-0.15, -0.1) is 11.3 Å². The minimum absolute atomic E-state index is 0.128. The Morgan fingerprint density at radius 3 is 2.63 bits per heavy atom. The van der Waals surface area contributed by atoms with Crippen LogP contribution in [0.1, 0.15) is 28.3 Å². The highest BCUT2D eigenvalue weighted by molar-refractivity contribution is 7.90. The fourth-order valence-corrected chi connectivity index (χ4v) is 7.24. The van der Waals surface area contributed by atoms with E-state index in [-0.39, 0.29) is 10.8 Å². The number of carbonyl (C=O) groups is 1. The lowest BCUT2D eigenvalue weighted by Crippen LogP contribution is -2.14. The standard InChI is InChI=1S/C29H21N3O4S2/c1-17-7-9-20(10-8-17)38(35,36)32-24-6-3-12-31-27(24)26(21-11-13-37-25(21)16-30)28(32)19-5-2-4-18(14-19)22-15-23(22)29(33)34/h2-14,22-23H,15H2,1H3,(H,33,34). The Balaban J connectivity index is 1.70. The molecular weight excluding hydrogens is 518 g/mol. The van der Waals surface area contributed by atoms with Crippen LogP contribution in [0.4, 0.5) is 0 Å². The van der Waals surface area contributed by atoms with Crippen LogP contribution in [0.2, 0.25) is 0 Å². The van der Waals surface area contributed by atoms with Gasteiger partial charge in [0, 0.05) is 22.9 Å². The van der Waals surface area contributed by atoms with Crippen LogP contribution < -0.4 is 0 Å². The summed E-state index contributed by atoms with van der Waals surface area (Å²) in [6, 6.07) is 21.5. The van der Waals surface area contributed by atoms with E-state index in [1.807, 2.05) is 37.3 Å². The molecule has 0 radical (unpaired) electrons. The van der Waals surface area contributed by atoms with Crippen LogP contribution in [-0.4, -0.2) is 28.5 Å². The summed E-state index contributed by atoms with van der Waals surface area (Å²) in [5, 5.41) is 21.1. The maximum atomic E-state index is 14.3. The summed E-state index contributed by atoms with van der Waals surface area (Å²) in [5.74, 6) is -1.41. The molecule has 1 fully saturated rings. The largest absolute Gasteiger partial charge is 0.481 e. The lowest BCUT2D eigenvalue weighted by Gasteiger charge is -2.14. The predicted octanol–water partition coefficient (Wildman–Crippen LogP) is 6.04. The van der Waals surface area contributed by atoms with Crippen molar-refractivity contribution in [1.29, 1.82) is 5.26 Å². The van der Waals surface area contributed by atoms with E-state index >= 15 is 0 Å². The predicted molar refractivity (Wildman–Crippen MR) is 145 cm³/mol. The number of aliphatic carboxylic acids is 1. The van der Waals surface area contributed by atoms with Crippen molar-refractivity contribution in [1.82, 2.24) is 8.96 Å². The van der Waals surface area contributed by atoms with Crippen molar-refractivity contribution in [3.05, 3.63) is 94.3 Å². The molecule has 1 aliphatic rings. The van der Waals surface area contributed by atoms with Crippen molar-refractivity contribution in [2.24, 2.45) is 5.92 Å². The molecule has 1 saturated carbocycles. The molecule has 9 heteroatoms. The highest BCUT2D eigenvalue weighted by Crippen LogP contribution is 2.49. The van der Waals surface area contributed by atoms with Crippen molar-refractivity contribution in [2.45, 2.75) is 24.2 Å². The van der Waals surface area contributed by atoms with Gasteiger partial charge in [0.1, 0.15) is 10.9 Å². The first kappa shape index (κ1) is 24.1. The summed E-state index contributed by atoms with van der Waals surface area (Å²) in [6.45, 7) is 1.89. The number of nitriles is 1. The van der Waals surface area contributed by atoms with E-state index in [0.29, 0.717) is 44.7 Å². The van der Waals surface area contributed by atoms with Gasteiger partial charge in [-0.2, -0.15) is 5.26 Å². The van der Waals surface area contributed by atoms with Crippen LogP contribution in [0.25, 0.3) is 33.4 Å². The monoisotopic (exact) mass is 539 g/mol. The minimum Gasteiger partial charge on any atom is -0.481 e. The van der Waals surface area contributed by atoms with Crippen LogP contribution in [0, 0.1) is 24.2 Å². The van der Waals surface area contributed by atoms with E-state index in [2.05, 4.69) is 11.1 Å². The van der Waals surface area contributed by atoms with Crippen LogP contribution in [0.15, 0.2) is 83.2 Å². The molecule has 2 aromatic carbocycles. The summed E-state index contributed by atoms with van der Waals surface area (Å²) >= 11 is 1.28. The Bertz CT molecular complexity index is 1880. The molecule has 2 atom stereocenters. The minimum atomic E-state index is -4.09. The Labute approximate surface area is 223 Å². The van der Waals surface area contributed by atoms with Gasteiger partial charge in [0.2, 0.25) is 0 Å². The molecule has 3 heterocycles. The Hall–Kier alpha value is -4.26. The van der Waals surface area contributed by atoms with Crippen LogP contribution in [0.3, 0.4) is 0 Å². The quantitative estimate of drug-likeness (QED) is 0.282. The molecular formula is C29H21N3O4S2. The van der Waals surface area contributed by atoms with Gasteiger partial charge in [-0.1, -0.05) is 35.9 Å². The zero-order valence-electron chi connectivity index (χ0n) is 20.2.